The smallest absolute Gasteiger partial charge is 0.158 e. The van der Waals surface area contributed by atoms with E-state index in [-0.39, 0.29) is 0 Å². The van der Waals surface area contributed by atoms with Crippen molar-refractivity contribution in [1.29, 1.82) is 0 Å². The molecule has 21 heavy (non-hydrogen) atoms. The van der Waals surface area contributed by atoms with Crippen molar-refractivity contribution >= 4 is 17.3 Å². The summed E-state index contributed by atoms with van der Waals surface area (Å²) >= 11 is 0. The Morgan fingerprint density at radius 1 is 1.14 bits per heavy atom. The maximum atomic E-state index is 5.42. The minimum Gasteiger partial charge on any atom is -0.497 e. The van der Waals surface area contributed by atoms with E-state index < -0.39 is 0 Å². The van der Waals surface area contributed by atoms with Crippen LogP contribution in [0.2, 0.25) is 0 Å². The van der Waals surface area contributed by atoms with Crippen LogP contribution in [-0.2, 0) is 11.3 Å². The van der Waals surface area contributed by atoms with Crippen LogP contribution in [0.4, 0.5) is 17.3 Å². The minimum atomic E-state index is 0.311. The maximum Gasteiger partial charge on any atom is 0.158 e. The van der Waals surface area contributed by atoms with Gasteiger partial charge >= 0.3 is 0 Å². The van der Waals surface area contributed by atoms with Gasteiger partial charge in [-0.3, -0.25) is 0 Å². The number of hydrogen-bond donors (Lipinski definition) is 3. The van der Waals surface area contributed by atoms with Crippen LogP contribution in [0.5, 0.6) is 5.75 Å². The quantitative estimate of drug-likeness (QED) is 0.553. The second kappa shape index (κ2) is 6.87. The molecule has 0 aliphatic rings. The van der Waals surface area contributed by atoms with Crippen LogP contribution in [0.25, 0.3) is 0 Å². The van der Waals surface area contributed by atoms with Gasteiger partial charge in [0.05, 0.1) is 7.11 Å². The number of aromatic nitrogens is 2. The predicted octanol–water partition coefficient (Wildman–Crippen LogP) is 1.97. The summed E-state index contributed by atoms with van der Waals surface area (Å²) < 4.78 is 10.2. The van der Waals surface area contributed by atoms with Gasteiger partial charge in [0.25, 0.3) is 0 Å². The van der Waals surface area contributed by atoms with Crippen molar-refractivity contribution < 1.29 is 9.47 Å². The molecule has 0 atom stereocenters. The lowest BCUT2D eigenvalue weighted by Gasteiger charge is -2.12. The van der Waals surface area contributed by atoms with Gasteiger partial charge in [-0.1, -0.05) is 0 Å². The summed E-state index contributed by atoms with van der Waals surface area (Å²) in [4.78, 5) is 8.58. The molecular formula is C14H19N5O2. The number of nitrogen functional groups attached to an aromatic ring is 1. The summed E-state index contributed by atoms with van der Waals surface area (Å²) in [5.41, 5.74) is 4.49. The van der Waals surface area contributed by atoms with Crippen LogP contribution >= 0.6 is 0 Å². The standard InChI is InChI=1S/C14H19N5O2/c1-9-6-10(21-3)4-5-11(9)16-12-7-13(19-15)18-14(17-12)8-20-2/h4-7H,8,15H2,1-3H3,(H2,16,17,18,19). The average Bonchev–Trinajstić information content (AvgIpc) is 2.49. The Bertz CT molecular complexity index is 618. The largest absolute Gasteiger partial charge is 0.497 e. The Morgan fingerprint density at radius 3 is 2.52 bits per heavy atom. The predicted molar refractivity (Wildman–Crippen MR) is 81.6 cm³/mol. The van der Waals surface area contributed by atoms with Crippen LogP contribution < -0.4 is 21.3 Å². The Labute approximate surface area is 123 Å². The van der Waals surface area contributed by atoms with Crippen LogP contribution in [0.15, 0.2) is 24.3 Å². The summed E-state index contributed by atoms with van der Waals surface area (Å²) in [7, 11) is 3.23. The highest BCUT2D eigenvalue weighted by Gasteiger charge is 2.06. The number of nitrogens with zero attached hydrogens (tertiary/aromatic N) is 2. The molecule has 0 spiro atoms. The average molecular weight is 289 g/mol. The fraction of sp³-hybridized carbons (Fsp3) is 0.286. The summed E-state index contributed by atoms with van der Waals surface area (Å²) in [5, 5.41) is 3.24. The van der Waals surface area contributed by atoms with Gasteiger partial charge in [-0.15, -0.1) is 0 Å². The van der Waals surface area contributed by atoms with Gasteiger partial charge < -0.3 is 20.2 Å². The molecule has 0 aliphatic carbocycles. The lowest BCUT2D eigenvalue weighted by Crippen LogP contribution is -2.12. The number of methoxy groups -OCH3 is 2. The first-order chi connectivity index (χ1) is 10.2. The lowest BCUT2D eigenvalue weighted by molar-refractivity contribution is 0.178. The molecule has 7 heteroatoms. The molecule has 0 bridgehead atoms. The van der Waals surface area contributed by atoms with Gasteiger partial charge in [0.15, 0.2) is 5.82 Å². The van der Waals surface area contributed by atoms with E-state index in [9.17, 15) is 0 Å². The first kappa shape index (κ1) is 15.0. The summed E-state index contributed by atoms with van der Waals surface area (Å²) in [6.45, 7) is 2.30. The van der Waals surface area contributed by atoms with Crippen molar-refractivity contribution in [2.75, 3.05) is 25.0 Å². The number of aryl methyl sites for hydroxylation is 1. The minimum absolute atomic E-state index is 0.311. The number of anilines is 3. The molecule has 2 aromatic rings. The molecule has 0 amide bonds. The van der Waals surface area contributed by atoms with E-state index in [4.69, 9.17) is 15.3 Å². The van der Waals surface area contributed by atoms with Gasteiger partial charge in [-0.25, -0.2) is 15.8 Å². The second-order valence-electron chi connectivity index (χ2n) is 4.44. The van der Waals surface area contributed by atoms with E-state index in [0.717, 1.165) is 17.0 Å². The number of ether oxygens (including phenoxy) is 2. The highest BCUT2D eigenvalue weighted by atomic mass is 16.5. The van der Waals surface area contributed by atoms with E-state index >= 15 is 0 Å². The van der Waals surface area contributed by atoms with Crippen LogP contribution in [0.3, 0.4) is 0 Å². The Balaban J connectivity index is 2.27. The van der Waals surface area contributed by atoms with Gasteiger partial charge in [0.2, 0.25) is 0 Å². The van der Waals surface area contributed by atoms with Crippen molar-refractivity contribution in [2.24, 2.45) is 5.84 Å². The molecule has 1 aromatic heterocycles. The first-order valence-corrected chi connectivity index (χ1v) is 6.41. The molecule has 0 fully saturated rings. The highest BCUT2D eigenvalue weighted by Crippen LogP contribution is 2.24. The SMILES string of the molecule is COCc1nc(NN)cc(Nc2ccc(OC)cc2C)n1. The maximum absolute atomic E-state index is 5.42. The Hall–Kier alpha value is -2.38. The van der Waals surface area contributed by atoms with Crippen LogP contribution in [0.1, 0.15) is 11.4 Å². The number of hydrogen-bond acceptors (Lipinski definition) is 7. The normalized spacial score (nSPS) is 10.3. The highest BCUT2D eigenvalue weighted by molar-refractivity contribution is 5.63. The zero-order valence-electron chi connectivity index (χ0n) is 12.3. The number of rotatable bonds is 6. The molecule has 0 radical (unpaired) electrons. The van der Waals surface area contributed by atoms with Gasteiger partial charge in [-0.2, -0.15) is 0 Å². The summed E-state index contributed by atoms with van der Waals surface area (Å²) in [6, 6.07) is 7.49. The summed E-state index contributed by atoms with van der Waals surface area (Å²) in [6.07, 6.45) is 0. The Morgan fingerprint density at radius 2 is 1.90 bits per heavy atom. The molecule has 1 heterocycles. The molecule has 1 aromatic carbocycles. The molecule has 7 nitrogen and oxygen atoms in total. The van der Waals surface area contributed by atoms with E-state index in [0.29, 0.717) is 24.1 Å². The van der Waals surface area contributed by atoms with E-state index in [1.165, 1.54) is 0 Å². The fourth-order valence-corrected chi connectivity index (χ4v) is 1.87. The summed E-state index contributed by atoms with van der Waals surface area (Å²) in [5.74, 6) is 7.93. The molecule has 0 saturated carbocycles. The number of nitrogens with two attached hydrogens (primary N) is 1. The number of benzene rings is 1. The third-order valence-electron chi connectivity index (χ3n) is 2.89. The second-order valence-corrected chi connectivity index (χ2v) is 4.44. The zero-order valence-corrected chi connectivity index (χ0v) is 12.3. The van der Waals surface area contributed by atoms with Gasteiger partial charge in [0.1, 0.15) is 24.0 Å². The van der Waals surface area contributed by atoms with Crippen molar-refractivity contribution in [3.8, 4) is 5.75 Å². The molecule has 4 N–H and O–H groups in total. The lowest BCUT2D eigenvalue weighted by atomic mass is 10.2. The molecule has 0 aliphatic heterocycles. The molecular weight excluding hydrogens is 270 g/mol. The van der Waals surface area contributed by atoms with Crippen molar-refractivity contribution in [3.63, 3.8) is 0 Å². The molecule has 0 unspecified atom stereocenters. The molecule has 2 rings (SSSR count). The third kappa shape index (κ3) is 3.80. The van der Waals surface area contributed by atoms with Crippen molar-refractivity contribution in [2.45, 2.75) is 13.5 Å². The van der Waals surface area contributed by atoms with Crippen molar-refractivity contribution in [3.05, 3.63) is 35.7 Å². The van der Waals surface area contributed by atoms with Crippen molar-refractivity contribution in [1.82, 2.24) is 9.97 Å². The molecule has 112 valence electrons. The van der Waals surface area contributed by atoms with Crippen LogP contribution in [-0.4, -0.2) is 24.2 Å². The van der Waals surface area contributed by atoms with E-state index in [2.05, 4.69) is 20.7 Å². The van der Waals surface area contributed by atoms with Gasteiger partial charge in [0, 0.05) is 18.9 Å². The van der Waals surface area contributed by atoms with Crippen LogP contribution in [0, 0.1) is 6.92 Å². The van der Waals surface area contributed by atoms with Gasteiger partial charge in [-0.05, 0) is 30.7 Å². The Kier molecular flexibility index (Phi) is 4.91. The number of hydrazine groups is 1. The number of nitrogens with one attached hydrogen (secondary N) is 2. The monoisotopic (exact) mass is 289 g/mol. The van der Waals surface area contributed by atoms with E-state index in [1.807, 2.05) is 25.1 Å². The first-order valence-electron chi connectivity index (χ1n) is 6.41. The zero-order chi connectivity index (χ0) is 15.2. The fourth-order valence-electron chi connectivity index (χ4n) is 1.87. The molecule has 0 saturated heterocycles. The van der Waals surface area contributed by atoms with E-state index in [1.54, 1.807) is 20.3 Å². The third-order valence-corrected chi connectivity index (χ3v) is 2.89. The topological polar surface area (TPSA) is 94.3 Å².